The van der Waals surface area contributed by atoms with Crippen molar-refractivity contribution < 1.29 is 22.8 Å². The van der Waals surface area contributed by atoms with Crippen molar-refractivity contribution >= 4 is 23.4 Å². The molecule has 0 aliphatic carbocycles. The van der Waals surface area contributed by atoms with E-state index in [0.29, 0.717) is 25.9 Å². The van der Waals surface area contributed by atoms with Gasteiger partial charge in [0.25, 0.3) is 5.91 Å². The molecule has 26 heavy (non-hydrogen) atoms. The molecule has 0 spiro atoms. The maximum Gasteiger partial charge on any atom is 0.416 e. The molecule has 0 atom stereocenters. The standard InChI is InChI=1S/C18H22ClF3N2O2/c1-17(2,11-19)16(26)23-14-7-9-24(10-8-14)15(25)12-3-5-13(6-4-12)18(20,21)22/h3-6,14H,7-11H2,1-2H3,(H,23,26). The van der Waals surface area contributed by atoms with Crippen LogP contribution in [-0.4, -0.2) is 41.7 Å². The Balaban J connectivity index is 1.91. The Morgan fingerprint density at radius 1 is 1.15 bits per heavy atom. The van der Waals surface area contributed by atoms with Gasteiger partial charge in [0.1, 0.15) is 0 Å². The number of piperidine rings is 1. The molecule has 0 bridgehead atoms. The van der Waals surface area contributed by atoms with Crippen LogP contribution >= 0.6 is 11.6 Å². The molecule has 2 rings (SSSR count). The van der Waals surface area contributed by atoms with E-state index in [1.54, 1.807) is 18.7 Å². The number of hydrogen-bond donors (Lipinski definition) is 1. The lowest BCUT2D eigenvalue weighted by molar-refractivity contribution is -0.137. The highest BCUT2D eigenvalue weighted by atomic mass is 35.5. The summed E-state index contributed by atoms with van der Waals surface area (Å²) in [5, 5.41) is 2.95. The van der Waals surface area contributed by atoms with E-state index >= 15 is 0 Å². The number of benzene rings is 1. The second-order valence-electron chi connectivity index (χ2n) is 7.13. The van der Waals surface area contributed by atoms with Crippen LogP contribution in [0.3, 0.4) is 0 Å². The van der Waals surface area contributed by atoms with Crippen LogP contribution in [0.2, 0.25) is 0 Å². The first-order valence-corrected chi connectivity index (χ1v) is 8.91. The minimum absolute atomic E-state index is 0.0401. The molecule has 0 unspecified atom stereocenters. The Morgan fingerprint density at radius 2 is 1.69 bits per heavy atom. The number of halogens is 4. The predicted octanol–water partition coefficient (Wildman–Crippen LogP) is 3.69. The second-order valence-corrected chi connectivity index (χ2v) is 7.40. The molecule has 1 N–H and O–H groups in total. The Bertz CT molecular complexity index is 651. The third-order valence-corrected chi connectivity index (χ3v) is 5.19. The van der Waals surface area contributed by atoms with Gasteiger partial charge in [-0.15, -0.1) is 11.6 Å². The van der Waals surface area contributed by atoms with Crippen LogP contribution in [-0.2, 0) is 11.0 Å². The van der Waals surface area contributed by atoms with Gasteiger partial charge in [-0.1, -0.05) is 0 Å². The van der Waals surface area contributed by atoms with Gasteiger partial charge < -0.3 is 10.2 Å². The van der Waals surface area contributed by atoms with Crippen molar-refractivity contribution in [2.24, 2.45) is 5.41 Å². The third-order valence-electron chi connectivity index (χ3n) is 4.53. The number of likely N-dealkylation sites (tertiary alicyclic amines) is 1. The molecule has 0 radical (unpaired) electrons. The van der Waals surface area contributed by atoms with Crippen molar-refractivity contribution in [3.63, 3.8) is 0 Å². The van der Waals surface area contributed by atoms with E-state index in [9.17, 15) is 22.8 Å². The molecule has 1 aromatic rings. The molecule has 1 aromatic carbocycles. The number of carbonyl (C=O) groups is 2. The van der Waals surface area contributed by atoms with Crippen LogP contribution in [0.5, 0.6) is 0 Å². The normalized spacial score (nSPS) is 16.5. The third kappa shape index (κ3) is 4.90. The quantitative estimate of drug-likeness (QED) is 0.797. The summed E-state index contributed by atoms with van der Waals surface area (Å²) < 4.78 is 37.8. The minimum atomic E-state index is -4.42. The van der Waals surface area contributed by atoms with Crippen molar-refractivity contribution in [3.8, 4) is 0 Å². The summed E-state index contributed by atoms with van der Waals surface area (Å²) in [7, 11) is 0. The Hall–Kier alpha value is -1.76. The first kappa shape index (κ1) is 20.6. The van der Waals surface area contributed by atoms with E-state index in [1.165, 1.54) is 12.1 Å². The van der Waals surface area contributed by atoms with E-state index in [-0.39, 0.29) is 29.3 Å². The van der Waals surface area contributed by atoms with Crippen molar-refractivity contribution in [1.82, 2.24) is 10.2 Å². The largest absolute Gasteiger partial charge is 0.416 e. The van der Waals surface area contributed by atoms with Gasteiger partial charge in [-0.05, 0) is 51.0 Å². The lowest BCUT2D eigenvalue weighted by Gasteiger charge is -2.34. The first-order chi connectivity index (χ1) is 12.0. The van der Waals surface area contributed by atoms with Gasteiger partial charge in [-0.2, -0.15) is 13.2 Å². The molecule has 144 valence electrons. The van der Waals surface area contributed by atoms with Crippen LogP contribution in [0.1, 0.15) is 42.6 Å². The summed E-state index contributed by atoms with van der Waals surface area (Å²) in [6.07, 6.45) is -3.23. The lowest BCUT2D eigenvalue weighted by atomic mass is 9.93. The maximum absolute atomic E-state index is 12.6. The molecule has 0 saturated carbocycles. The predicted molar refractivity (Wildman–Crippen MR) is 93.0 cm³/mol. The van der Waals surface area contributed by atoms with Crippen LogP contribution in [0.15, 0.2) is 24.3 Å². The SMILES string of the molecule is CC(C)(CCl)C(=O)NC1CCN(C(=O)c2ccc(C(F)(F)F)cc2)CC1. The van der Waals surface area contributed by atoms with E-state index in [4.69, 9.17) is 11.6 Å². The van der Waals surface area contributed by atoms with Crippen molar-refractivity contribution in [2.45, 2.75) is 38.9 Å². The number of amides is 2. The zero-order chi connectivity index (χ0) is 19.5. The number of hydrogen-bond acceptors (Lipinski definition) is 2. The second kappa shape index (κ2) is 7.86. The molecule has 1 aliphatic rings. The molecule has 1 aliphatic heterocycles. The van der Waals surface area contributed by atoms with E-state index < -0.39 is 17.2 Å². The van der Waals surface area contributed by atoms with E-state index in [1.807, 2.05) is 0 Å². The van der Waals surface area contributed by atoms with Crippen molar-refractivity contribution in [2.75, 3.05) is 19.0 Å². The van der Waals surface area contributed by atoms with Gasteiger partial charge in [0, 0.05) is 30.6 Å². The van der Waals surface area contributed by atoms with Gasteiger partial charge >= 0.3 is 6.18 Å². The monoisotopic (exact) mass is 390 g/mol. The number of carbonyl (C=O) groups excluding carboxylic acids is 2. The van der Waals surface area contributed by atoms with E-state index in [0.717, 1.165) is 12.1 Å². The van der Waals surface area contributed by atoms with Gasteiger partial charge in [0.05, 0.1) is 11.0 Å². The summed E-state index contributed by atoms with van der Waals surface area (Å²) in [4.78, 5) is 26.2. The minimum Gasteiger partial charge on any atom is -0.353 e. The molecule has 1 heterocycles. The summed E-state index contributed by atoms with van der Waals surface area (Å²) in [5.74, 6) is -0.214. The molecule has 1 saturated heterocycles. The Morgan fingerprint density at radius 3 is 2.15 bits per heavy atom. The Labute approximate surface area is 155 Å². The van der Waals surface area contributed by atoms with Gasteiger partial charge in [-0.3, -0.25) is 9.59 Å². The zero-order valence-electron chi connectivity index (χ0n) is 14.7. The smallest absolute Gasteiger partial charge is 0.353 e. The molecule has 4 nitrogen and oxygen atoms in total. The fraction of sp³-hybridized carbons (Fsp3) is 0.556. The van der Waals surface area contributed by atoms with Gasteiger partial charge in [0.15, 0.2) is 0 Å². The lowest BCUT2D eigenvalue weighted by Crippen LogP contribution is -2.49. The Kier molecular flexibility index (Phi) is 6.21. The summed E-state index contributed by atoms with van der Waals surface area (Å²) >= 11 is 5.79. The van der Waals surface area contributed by atoms with Crippen LogP contribution in [0.4, 0.5) is 13.2 Å². The first-order valence-electron chi connectivity index (χ1n) is 8.38. The average Bonchev–Trinajstić information content (AvgIpc) is 2.61. The van der Waals surface area contributed by atoms with Crippen LogP contribution < -0.4 is 5.32 Å². The fourth-order valence-corrected chi connectivity index (χ4v) is 2.77. The zero-order valence-corrected chi connectivity index (χ0v) is 15.5. The molecule has 0 aromatic heterocycles. The van der Waals surface area contributed by atoms with Gasteiger partial charge in [0.2, 0.25) is 5.91 Å². The molecule has 1 fully saturated rings. The number of rotatable bonds is 4. The molecule has 8 heteroatoms. The average molecular weight is 391 g/mol. The fourth-order valence-electron chi connectivity index (χ4n) is 2.65. The van der Waals surface area contributed by atoms with Crippen LogP contribution in [0.25, 0.3) is 0 Å². The molecular weight excluding hydrogens is 369 g/mol. The van der Waals surface area contributed by atoms with Crippen molar-refractivity contribution in [3.05, 3.63) is 35.4 Å². The number of alkyl halides is 4. The number of nitrogens with zero attached hydrogens (tertiary/aromatic N) is 1. The topological polar surface area (TPSA) is 49.4 Å². The molecular formula is C18H22ClF3N2O2. The highest BCUT2D eigenvalue weighted by Gasteiger charge is 2.32. The summed E-state index contributed by atoms with van der Waals surface area (Å²) in [6.45, 7) is 4.40. The molecule has 2 amide bonds. The highest BCUT2D eigenvalue weighted by molar-refractivity contribution is 6.19. The van der Waals surface area contributed by atoms with E-state index in [2.05, 4.69) is 5.32 Å². The highest BCUT2D eigenvalue weighted by Crippen LogP contribution is 2.29. The summed E-state index contributed by atoms with van der Waals surface area (Å²) in [5.41, 5.74) is -1.21. The van der Waals surface area contributed by atoms with Crippen LogP contribution in [0, 0.1) is 5.41 Å². The number of nitrogens with one attached hydrogen (secondary N) is 1. The van der Waals surface area contributed by atoms with Crippen molar-refractivity contribution in [1.29, 1.82) is 0 Å². The maximum atomic E-state index is 12.6. The summed E-state index contributed by atoms with van der Waals surface area (Å²) in [6, 6.07) is 4.18. The van der Waals surface area contributed by atoms with Gasteiger partial charge in [-0.25, -0.2) is 0 Å².